The zero-order chi connectivity index (χ0) is 17.6. The lowest BCUT2D eigenvalue weighted by atomic mass is 10.2. The van der Waals surface area contributed by atoms with Gasteiger partial charge in [0.2, 0.25) is 0 Å². The van der Waals surface area contributed by atoms with E-state index in [1.54, 1.807) is 0 Å². The zero-order valence-electron chi connectivity index (χ0n) is 15.7. The van der Waals surface area contributed by atoms with Crippen molar-refractivity contribution in [3.8, 4) is 0 Å². The molecule has 0 heterocycles. The van der Waals surface area contributed by atoms with E-state index in [0.717, 1.165) is 12.8 Å². The quantitative estimate of drug-likeness (QED) is 0.518. The summed E-state index contributed by atoms with van der Waals surface area (Å²) >= 11 is 0. The fraction of sp³-hybridized carbons (Fsp3) is 0.600. The molecule has 0 amide bonds. The van der Waals surface area contributed by atoms with Crippen LogP contribution in [0.4, 0.5) is 0 Å². The molecule has 0 radical (unpaired) electrons. The second-order valence-corrected chi connectivity index (χ2v) is 13.1. The van der Waals surface area contributed by atoms with Crippen molar-refractivity contribution in [2.45, 2.75) is 70.9 Å². The first-order chi connectivity index (χ1) is 10.7. The van der Waals surface area contributed by atoms with Crippen LogP contribution in [-0.2, 0) is 11.3 Å². The van der Waals surface area contributed by atoms with Crippen LogP contribution in [-0.4, -0.2) is 24.6 Å². The van der Waals surface area contributed by atoms with Gasteiger partial charge in [0.1, 0.15) is 8.07 Å². The zero-order valence-corrected chi connectivity index (χ0v) is 16.7. The molecule has 0 aliphatic heterocycles. The van der Waals surface area contributed by atoms with Crippen LogP contribution in [0.15, 0.2) is 42.5 Å². The Bertz CT molecular complexity index is 492. The summed E-state index contributed by atoms with van der Waals surface area (Å²) in [7, 11) is -2.15. The van der Waals surface area contributed by atoms with Gasteiger partial charge in [-0.05, 0) is 23.9 Å². The first-order valence-electron chi connectivity index (χ1n) is 8.68. The molecule has 1 aromatic rings. The van der Waals surface area contributed by atoms with Crippen molar-refractivity contribution in [2.75, 3.05) is 6.23 Å². The highest BCUT2D eigenvalue weighted by molar-refractivity contribution is 6.84. The van der Waals surface area contributed by atoms with Crippen molar-refractivity contribution >= 4 is 8.07 Å². The van der Waals surface area contributed by atoms with Gasteiger partial charge in [-0.15, -0.1) is 0 Å². The molecule has 130 valence electrons. The molecule has 1 N–H and O–H groups in total. The molecule has 23 heavy (non-hydrogen) atoms. The van der Waals surface area contributed by atoms with Gasteiger partial charge in [-0.3, -0.25) is 0 Å². The van der Waals surface area contributed by atoms with Crippen LogP contribution in [0, 0.1) is 0 Å². The van der Waals surface area contributed by atoms with Crippen molar-refractivity contribution < 1.29 is 9.84 Å². The molecule has 0 saturated heterocycles. The summed E-state index contributed by atoms with van der Waals surface area (Å²) in [6.07, 6.45) is 6.43. The highest BCUT2D eigenvalue weighted by atomic mass is 28.3. The Morgan fingerprint density at radius 2 is 1.78 bits per heavy atom. The third-order valence-electron chi connectivity index (χ3n) is 5.19. The van der Waals surface area contributed by atoms with Crippen molar-refractivity contribution in [2.24, 2.45) is 0 Å². The standard InChI is InChI=1S/C20H34O2Si/c1-7-14-20(21,15-8-2)23(6,19(3,4)5)17-22-16-18-12-10-9-11-13-18/h7,9-14,21H,8,15-17H2,1-6H3/b14-7+/t20-,23-/m1/s1. The van der Waals surface area contributed by atoms with Gasteiger partial charge in [0, 0.05) is 6.23 Å². The minimum Gasteiger partial charge on any atom is -0.389 e. The van der Waals surface area contributed by atoms with Crippen molar-refractivity contribution in [3.63, 3.8) is 0 Å². The van der Waals surface area contributed by atoms with Crippen LogP contribution in [0.2, 0.25) is 11.6 Å². The van der Waals surface area contributed by atoms with E-state index in [2.05, 4.69) is 46.4 Å². The fourth-order valence-corrected chi connectivity index (χ4v) is 6.97. The molecule has 0 aliphatic rings. The van der Waals surface area contributed by atoms with E-state index in [9.17, 15) is 5.11 Å². The molecule has 0 saturated carbocycles. The van der Waals surface area contributed by atoms with E-state index < -0.39 is 13.3 Å². The van der Waals surface area contributed by atoms with Crippen LogP contribution < -0.4 is 0 Å². The average molecular weight is 335 g/mol. The summed E-state index contributed by atoms with van der Waals surface area (Å²) in [6, 6.07) is 10.3. The Kier molecular flexibility index (Phi) is 7.24. The lowest BCUT2D eigenvalue weighted by molar-refractivity contribution is 0.114. The number of rotatable bonds is 8. The number of hydrogen-bond donors (Lipinski definition) is 1. The summed E-state index contributed by atoms with van der Waals surface area (Å²) in [4.78, 5) is 0. The predicted molar refractivity (Wildman–Crippen MR) is 102 cm³/mol. The molecule has 1 rings (SSSR count). The highest BCUT2D eigenvalue weighted by Gasteiger charge is 2.54. The van der Waals surface area contributed by atoms with E-state index in [1.807, 2.05) is 37.3 Å². The third-order valence-corrected chi connectivity index (χ3v) is 11.6. The van der Waals surface area contributed by atoms with Gasteiger partial charge in [-0.1, -0.05) is 83.1 Å². The second-order valence-electron chi connectivity index (χ2n) is 7.73. The predicted octanol–water partition coefficient (Wildman–Crippen LogP) is 5.27. The van der Waals surface area contributed by atoms with Crippen molar-refractivity contribution in [3.05, 3.63) is 48.0 Å². The monoisotopic (exact) mass is 334 g/mol. The molecular formula is C20H34O2Si. The maximum Gasteiger partial charge on any atom is 0.127 e. The van der Waals surface area contributed by atoms with Crippen LogP contribution in [0.5, 0.6) is 0 Å². The van der Waals surface area contributed by atoms with Gasteiger partial charge >= 0.3 is 0 Å². The molecule has 0 aromatic heterocycles. The lowest BCUT2D eigenvalue weighted by Crippen LogP contribution is -2.64. The molecular weight excluding hydrogens is 300 g/mol. The lowest BCUT2D eigenvalue weighted by Gasteiger charge is -2.50. The summed E-state index contributed by atoms with van der Waals surface area (Å²) in [5.74, 6) is 0. The molecule has 2 nitrogen and oxygen atoms in total. The smallest absolute Gasteiger partial charge is 0.127 e. The van der Waals surface area contributed by atoms with Crippen LogP contribution in [0.25, 0.3) is 0 Å². The van der Waals surface area contributed by atoms with E-state index >= 15 is 0 Å². The molecule has 0 bridgehead atoms. The van der Waals surface area contributed by atoms with E-state index in [1.165, 1.54) is 5.56 Å². The SMILES string of the molecule is C/C=C/[C@](O)(CCC)[Si@](C)(COCc1ccccc1)C(C)(C)C. The Morgan fingerprint density at radius 3 is 2.26 bits per heavy atom. The Balaban J connectivity index is 2.98. The third kappa shape index (κ3) is 4.79. The molecule has 2 atom stereocenters. The highest BCUT2D eigenvalue weighted by Crippen LogP contribution is 2.45. The summed E-state index contributed by atoms with van der Waals surface area (Å²) < 4.78 is 6.12. The molecule has 0 unspecified atom stereocenters. The molecule has 0 fully saturated rings. The number of aliphatic hydroxyl groups is 1. The van der Waals surface area contributed by atoms with Crippen molar-refractivity contribution in [1.29, 1.82) is 0 Å². The Hall–Kier alpha value is -0.903. The normalized spacial score (nSPS) is 17.9. The van der Waals surface area contributed by atoms with Gasteiger partial charge in [0.15, 0.2) is 0 Å². The van der Waals surface area contributed by atoms with Crippen LogP contribution in [0.1, 0.15) is 53.0 Å². The van der Waals surface area contributed by atoms with Crippen molar-refractivity contribution in [1.82, 2.24) is 0 Å². The second kappa shape index (κ2) is 8.27. The maximum atomic E-state index is 11.5. The number of benzene rings is 1. The average Bonchev–Trinajstić information content (AvgIpc) is 2.47. The molecule has 3 heteroatoms. The number of hydrogen-bond acceptors (Lipinski definition) is 2. The summed E-state index contributed by atoms with van der Waals surface area (Å²) in [6.45, 7) is 13.8. The van der Waals surface area contributed by atoms with Crippen LogP contribution >= 0.6 is 0 Å². The fourth-order valence-electron chi connectivity index (χ4n) is 3.14. The first-order valence-corrected chi connectivity index (χ1v) is 11.4. The van der Waals surface area contributed by atoms with E-state index in [0.29, 0.717) is 12.8 Å². The maximum absolute atomic E-state index is 11.5. The Labute approximate surface area is 143 Å². The van der Waals surface area contributed by atoms with Gasteiger partial charge < -0.3 is 9.84 Å². The summed E-state index contributed by atoms with van der Waals surface area (Å²) in [5.41, 5.74) is 1.18. The van der Waals surface area contributed by atoms with Crippen LogP contribution in [0.3, 0.4) is 0 Å². The van der Waals surface area contributed by atoms with E-state index in [4.69, 9.17) is 4.74 Å². The molecule has 1 aromatic carbocycles. The largest absolute Gasteiger partial charge is 0.389 e. The minimum atomic E-state index is -2.15. The summed E-state index contributed by atoms with van der Waals surface area (Å²) in [5, 5.41) is 10.8. The van der Waals surface area contributed by atoms with Gasteiger partial charge in [-0.2, -0.15) is 0 Å². The van der Waals surface area contributed by atoms with Gasteiger partial charge in [0.25, 0.3) is 0 Å². The van der Waals surface area contributed by atoms with Gasteiger partial charge in [-0.25, -0.2) is 0 Å². The first kappa shape index (κ1) is 20.1. The minimum absolute atomic E-state index is 0.0487. The Morgan fingerprint density at radius 1 is 1.17 bits per heavy atom. The molecule has 0 aliphatic carbocycles. The number of allylic oxidation sites excluding steroid dienone is 1. The topological polar surface area (TPSA) is 29.5 Å². The van der Waals surface area contributed by atoms with Gasteiger partial charge in [0.05, 0.1) is 11.8 Å². The number of ether oxygens (including phenoxy) is 1. The van der Waals surface area contributed by atoms with E-state index in [-0.39, 0.29) is 5.04 Å². The molecule has 0 spiro atoms.